The van der Waals surface area contributed by atoms with Gasteiger partial charge in [0.2, 0.25) is 0 Å². The lowest BCUT2D eigenvalue weighted by molar-refractivity contribution is 0.588. The van der Waals surface area contributed by atoms with E-state index in [0.717, 1.165) is 13.1 Å². The monoisotopic (exact) mass is 247 g/mol. The van der Waals surface area contributed by atoms with Gasteiger partial charge in [0, 0.05) is 0 Å². The molecule has 1 heteroatoms. The van der Waals surface area contributed by atoms with Gasteiger partial charge in [-0.1, -0.05) is 39.8 Å². The van der Waals surface area contributed by atoms with Crippen LogP contribution in [-0.2, 0) is 11.8 Å². The van der Waals surface area contributed by atoms with Gasteiger partial charge in [-0.05, 0) is 67.4 Å². The predicted molar refractivity (Wildman–Crippen MR) is 81.5 cm³/mol. The first-order valence-corrected chi connectivity index (χ1v) is 7.17. The Morgan fingerprint density at radius 2 is 1.61 bits per heavy atom. The lowest BCUT2D eigenvalue weighted by Crippen LogP contribution is -2.15. The summed E-state index contributed by atoms with van der Waals surface area (Å²) < 4.78 is 0. The van der Waals surface area contributed by atoms with Crippen LogP contribution in [0, 0.1) is 13.8 Å². The van der Waals surface area contributed by atoms with Gasteiger partial charge in [-0.25, -0.2) is 0 Å². The van der Waals surface area contributed by atoms with E-state index in [1.165, 1.54) is 29.5 Å². The van der Waals surface area contributed by atoms with E-state index in [4.69, 9.17) is 0 Å². The van der Waals surface area contributed by atoms with Crippen molar-refractivity contribution in [3.63, 3.8) is 0 Å². The molecule has 0 aliphatic heterocycles. The van der Waals surface area contributed by atoms with Gasteiger partial charge >= 0.3 is 0 Å². The van der Waals surface area contributed by atoms with Crippen LogP contribution in [-0.4, -0.2) is 13.1 Å². The molecule has 102 valence electrons. The molecule has 1 aromatic carbocycles. The van der Waals surface area contributed by atoms with Crippen LogP contribution in [0.3, 0.4) is 0 Å². The molecule has 1 aromatic rings. The summed E-state index contributed by atoms with van der Waals surface area (Å²) in [6.45, 7) is 15.7. The fourth-order valence-electron chi connectivity index (χ4n) is 2.39. The zero-order chi connectivity index (χ0) is 13.8. The topological polar surface area (TPSA) is 12.0 Å². The van der Waals surface area contributed by atoms with Crippen LogP contribution in [0.2, 0.25) is 0 Å². The third-order valence-corrected chi connectivity index (χ3v) is 3.59. The van der Waals surface area contributed by atoms with Crippen molar-refractivity contribution in [2.75, 3.05) is 13.1 Å². The molecular formula is C17H29N. The Labute approximate surface area is 113 Å². The minimum atomic E-state index is 0.248. The third kappa shape index (κ3) is 4.13. The Bertz CT molecular complexity index is 362. The van der Waals surface area contributed by atoms with E-state index in [1.54, 1.807) is 5.56 Å². The zero-order valence-electron chi connectivity index (χ0n) is 13.0. The summed E-state index contributed by atoms with van der Waals surface area (Å²) in [4.78, 5) is 0. The van der Waals surface area contributed by atoms with Crippen LogP contribution < -0.4 is 5.32 Å². The lowest BCUT2D eigenvalue weighted by Gasteiger charge is -2.22. The molecule has 1 rings (SSSR count). The number of benzene rings is 1. The summed E-state index contributed by atoms with van der Waals surface area (Å²) in [7, 11) is 0. The van der Waals surface area contributed by atoms with Gasteiger partial charge in [0.15, 0.2) is 0 Å². The van der Waals surface area contributed by atoms with E-state index in [9.17, 15) is 0 Å². The molecular weight excluding hydrogens is 218 g/mol. The van der Waals surface area contributed by atoms with Crippen molar-refractivity contribution < 1.29 is 0 Å². The maximum atomic E-state index is 3.39. The standard InChI is InChI=1S/C17H29N/c1-7-18-10-8-9-16-13(2)11-15(12-14(16)3)17(4,5)6/h11-12,18H,7-10H2,1-6H3. The average Bonchev–Trinajstić information content (AvgIpc) is 2.25. The van der Waals surface area contributed by atoms with Crippen molar-refractivity contribution in [2.45, 2.75) is 59.8 Å². The molecule has 0 unspecified atom stereocenters. The molecule has 18 heavy (non-hydrogen) atoms. The Morgan fingerprint density at radius 3 is 2.06 bits per heavy atom. The molecule has 0 aromatic heterocycles. The molecule has 0 bridgehead atoms. The number of hydrogen-bond acceptors (Lipinski definition) is 1. The first-order chi connectivity index (χ1) is 8.36. The Balaban J connectivity index is 2.82. The van der Waals surface area contributed by atoms with Gasteiger partial charge in [0.25, 0.3) is 0 Å². The molecule has 0 atom stereocenters. The van der Waals surface area contributed by atoms with E-state index in [1.807, 2.05) is 0 Å². The van der Waals surface area contributed by atoms with Crippen LogP contribution in [0.4, 0.5) is 0 Å². The highest BCUT2D eigenvalue weighted by Crippen LogP contribution is 2.27. The van der Waals surface area contributed by atoms with Gasteiger partial charge in [0.1, 0.15) is 0 Å². The van der Waals surface area contributed by atoms with Crippen LogP contribution in [0.15, 0.2) is 12.1 Å². The maximum absolute atomic E-state index is 3.39. The minimum absolute atomic E-state index is 0.248. The second kappa shape index (κ2) is 6.38. The number of hydrogen-bond donors (Lipinski definition) is 1. The van der Waals surface area contributed by atoms with Gasteiger partial charge in [-0.2, -0.15) is 0 Å². The highest BCUT2D eigenvalue weighted by molar-refractivity contribution is 5.40. The molecule has 0 radical (unpaired) electrons. The zero-order valence-corrected chi connectivity index (χ0v) is 13.0. The fourth-order valence-corrected chi connectivity index (χ4v) is 2.39. The molecule has 0 spiro atoms. The van der Waals surface area contributed by atoms with Crippen LogP contribution in [0.5, 0.6) is 0 Å². The van der Waals surface area contributed by atoms with Gasteiger partial charge in [-0.15, -0.1) is 0 Å². The van der Waals surface area contributed by atoms with Gasteiger partial charge < -0.3 is 5.32 Å². The van der Waals surface area contributed by atoms with Gasteiger partial charge in [0.05, 0.1) is 0 Å². The van der Waals surface area contributed by atoms with Crippen molar-refractivity contribution in [1.82, 2.24) is 5.32 Å². The molecule has 1 N–H and O–H groups in total. The predicted octanol–water partition coefficient (Wildman–Crippen LogP) is 4.14. The summed E-state index contributed by atoms with van der Waals surface area (Å²) in [5, 5.41) is 3.39. The third-order valence-electron chi connectivity index (χ3n) is 3.59. The van der Waals surface area contributed by atoms with Crippen molar-refractivity contribution in [3.05, 3.63) is 34.4 Å². The normalized spacial score (nSPS) is 11.9. The first-order valence-electron chi connectivity index (χ1n) is 7.17. The summed E-state index contributed by atoms with van der Waals surface area (Å²) in [5.74, 6) is 0. The van der Waals surface area contributed by atoms with Crippen LogP contribution in [0.1, 0.15) is 56.4 Å². The van der Waals surface area contributed by atoms with E-state index in [2.05, 4.69) is 59.0 Å². The Hall–Kier alpha value is -0.820. The highest BCUT2D eigenvalue weighted by Gasteiger charge is 2.15. The SMILES string of the molecule is CCNCCCc1c(C)cc(C(C)(C)C)cc1C. The van der Waals surface area contributed by atoms with E-state index in [-0.39, 0.29) is 5.41 Å². The smallest absolute Gasteiger partial charge is 0.00459 e. The Kier molecular flexibility index (Phi) is 5.40. The fraction of sp³-hybridized carbons (Fsp3) is 0.647. The van der Waals surface area contributed by atoms with E-state index < -0.39 is 0 Å². The highest BCUT2D eigenvalue weighted by atomic mass is 14.8. The number of rotatable bonds is 5. The van der Waals surface area contributed by atoms with Crippen molar-refractivity contribution in [3.8, 4) is 0 Å². The maximum Gasteiger partial charge on any atom is -0.00459 e. The quantitative estimate of drug-likeness (QED) is 0.771. The first kappa shape index (κ1) is 15.2. The lowest BCUT2D eigenvalue weighted by atomic mass is 9.83. The van der Waals surface area contributed by atoms with Crippen molar-refractivity contribution in [1.29, 1.82) is 0 Å². The second-order valence-electron chi connectivity index (χ2n) is 6.30. The molecule has 0 amide bonds. The molecule has 0 fully saturated rings. The Morgan fingerprint density at radius 1 is 1.06 bits per heavy atom. The second-order valence-corrected chi connectivity index (χ2v) is 6.30. The van der Waals surface area contributed by atoms with Crippen LogP contribution >= 0.6 is 0 Å². The van der Waals surface area contributed by atoms with E-state index >= 15 is 0 Å². The van der Waals surface area contributed by atoms with E-state index in [0.29, 0.717) is 0 Å². The van der Waals surface area contributed by atoms with Crippen molar-refractivity contribution in [2.24, 2.45) is 0 Å². The average molecular weight is 247 g/mol. The largest absolute Gasteiger partial charge is 0.317 e. The molecule has 0 aliphatic rings. The minimum Gasteiger partial charge on any atom is -0.317 e. The number of nitrogens with one attached hydrogen (secondary N) is 1. The summed E-state index contributed by atoms with van der Waals surface area (Å²) in [6, 6.07) is 4.74. The van der Waals surface area contributed by atoms with Gasteiger partial charge in [-0.3, -0.25) is 0 Å². The number of aryl methyl sites for hydroxylation is 2. The van der Waals surface area contributed by atoms with Crippen molar-refractivity contribution >= 4 is 0 Å². The summed E-state index contributed by atoms with van der Waals surface area (Å²) in [5.41, 5.74) is 6.15. The molecule has 0 heterocycles. The molecule has 0 saturated carbocycles. The summed E-state index contributed by atoms with van der Waals surface area (Å²) >= 11 is 0. The molecule has 0 saturated heterocycles. The molecule has 1 nitrogen and oxygen atoms in total. The van der Waals surface area contributed by atoms with Crippen LogP contribution in [0.25, 0.3) is 0 Å². The summed E-state index contributed by atoms with van der Waals surface area (Å²) in [6.07, 6.45) is 2.42. The molecule has 0 aliphatic carbocycles.